The first-order valence-electron chi connectivity index (χ1n) is 7.38. The second-order valence-electron chi connectivity index (χ2n) is 5.32. The highest BCUT2D eigenvalue weighted by Crippen LogP contribution is 2.28. The van der Waals surface area contributed by atoms with Gasteiger partial charge < -0.3 is 9.64 Å². The van der Waals surface area contributed by atoms with E-state index < -0.39 is 0 Å². The van der Waals surface area contributed by atoms with Crippen LogP contribution in [0.2, 0.25) is 0 Å². The molecule has 0 spiro atoms. The van der Waals surface area contributed by atoms with Crippen LogP contribution in [-0.4, -0.2) is 35.8 Å². The zero-order chi connectivity index (χ0) is 15.2. The van der Waals surface area contributed by atoms with Gasteiger partial charge in [-0.2, -0.15) is 0 Å². The number of hydrogen-bond donors (Lipinski definition) is 0. The van der Waals surface area contributed by atoms with E-state index in [1.165, 1.54) is 19.3 Å². The minimum atomic E-state index is 0.0747. The zero-order valence-corrected chi connectivity index (χ0v) is 15.5. The molecule has 0 bridgehead atoms. The number of amides is 1. The van der Waals surface area contributed by atoms with Crippen molar-refractivity contribution in [3.8, 4) is 5.75 Å². The number of rotatable bonds is 5. The lowest BCUT2D eigenvalue weighted by atomic mass is 9.93. The van der Waals surface area contributed by atoms with Crippen molar-refractivity contribution in [2.75, 3.05) is 19.0 Å². The minimum absolute atomic E-state index is 0.0747. The van der Waals surface area contributed by atoms with Gasteiger partial charge in [-0.25, -0.2) is 0 Å². The molecule has 0 N–H and O–H groups in total. The molecule has 0 radical (unpaired) electrons. The Kier molecular flexibility index (Phi) is 6.55. The van der Waals surface area contributed by atoms with E-state index in [9.17, 15) is 4.79 Å². The maximum Gasteiger partial charge on any atom is 0.257 e. The second kappa shape index (κ2) is 8.18. The van der Waals surface area contributed by atoms with Crippen LogP contribution in [0.4, 0.5) is 0 Å². The van der Waals surface area contributed by atoms with Gasteiger partial charge in [0.15, 0.2) is 0 Å². The Morgan fingerprint density at radius 1 is 1.33 bits per heavy atom. The number of halogens is 2. The summed E-state index contributed by atoms with van der Waals surface area (Å²) in [6, 6.07) is 5.94. The number of ether oxygens (including phenoxy) is 1. The molecule has 1 aromatic carbocycles. The number of nitrogens with zero attached hydrogens (tertiary/aromatic N) is 1. The van der Waals surface area contributed by atoms with Gasteiger partial charge in [0, 0.05) is 22.4 Å². The molecule has 0 saturated heterocycles. The van der Waals surface area contributed by atoms with Crippen molar-refractivity contribution in [2.45, 2.75) is 38.1 Å². The Morgan fingerprint density at radius 2 is 2.05 bits per heavy atom. The number of carbonyl (C=O) groups excluding carboxylic acids is 1. The predicted molar refractivity (Wildman–Crippen MR) is 92.4 cm³/mol. The van der Waals surface area contributed by atoms with E-state index in [1.54, 1.807) is 7.11 Å². The van der Waals surface area contributed by atoms with Crippen LogP contribution >= 0.6 is 31.9 Å². The number of carbonyl (C=O) groups is 1. The van der Waals surface area contributed by atoms with Gasteiger partial charge in [0.25, 0.3) is 5.91 Å². The summed E-state index contributed by atoms with van der Waals surface area (Å²) >= 11 is 6.89. The van der Waals surface area contributed by atoms with Crippen LogP contribution in [0.25, 0.3) is 0 Å². The van der Waals surface area contributed by atoms with Gasteiger partial charge in [0.1, 0.15) is 5.75 Å². The predicted octanol–water partition coefficient (Wildman–Crippen LogP) is 4.63. The summed E-state index contributed by atoms with van der Waals surface area (Å²) in [6.07, 6.45) is 5.94. The summed E-state index contributed by atoms with van der Waals surface area (Å²) < 4.78 is 6.29. The fourth-order valence-electron chi connectivity index (χ4n) is 2.93. The number of methoxy groups -OCH3 is 1. The molecule has 0 unspecified atom stereocenters. The molecule has 0 aliphatic heterocycles. The number of alkyl halides is 1. The Hall–Kier alpha value is -0.550. The summed E-state index contributed by atoms with van der Waals surface area (Å²) in [5, 5.41) is 0.800. The molecule has 1 amide bonds. The molecule has 3 nitrogen and oxygen atoms in total. The third-order valence-corrected chi connectivity index (χ3v) is 4.84. The highest BCUT2D eigenvalue weighted by atomic mass is 79.9. The molecule has 1 aromatic rings. The normalized spacial score (nSPS) is 15.8. The van der Waals surface area contributed by atoms with Crippen LogP contribution in [0, 0.1) is 0 Å². The maximum atomic E-state index is 12.9. The second-order valence-corrected chi connectivity index (χ2v) is 7.03. The quantitative estimate of drug-likeness (QED) is 0.652. The molecule has 1 fully saturated rings. The van der Waals surface area contributed by atoms with Crippen molar-refractivity contribution in [3.63, 3.8) is 0 Å². The van der Waals surface area contributed by atoms with Crippen LogP contribution in [-0.2, 0) is 0 Å². The van der Waals surface area contributed by atoms with Crippen molar-refractivity contribution in [3.05, 3.63) is 28.2 Å². The number of hydrogen-bond acceptors (Lipinski definition) is 2. The largest absolute Gasteiger partial charge is 0.496 e. The topological polar surface area (TPSA) is 29.5 Å². The summed E-state index contributed by atoms with van der Waals surface area (Å²) in [5.74, 6) is 0.704. The van der Waals surface area contributed by atoms with Crippen molar-refractivity contribution in [2.24, 2.45) is 0 Å². The maximum absolute atomic E-state index is 12.9. The lowest BCUT2D eigenvalue weighted by Gasteiger charge is -2.34. The third-order valence-electron chi connectivity index (χ3n) is 4.00. The Morgan fingerprint density at radius 3 is 2.67 bits per heavy atom. The van der Waals surface area contributed by atoms with Crippen LogP contribution in [0.1, 0.15) is 42.5 Å². The Labute approximate surface area is 143 Å². The standard InChI is InChI=1S/C16H21Br2NO2/c1-21-15-11-12(18)7-8-14(15)16(20)19(10-9-17)13-5-3-2-4-6-13/h7-8,11,13H,2-6,9-10H2,1H3. The van der Waals surface area contributed by atoms with E-state index in [0.717, 1.165) is 29.2 Å². The molecule has 0 atom stereocenters. The van der Waals surface area contributed by atoms with Gasteiger partial charge in [-0.3, -0.25) is 4.79 Å². The van der Waals surface area contributed by atoms with E-state index in [0.29, 0.717) is 17.4 Å². The van der Waals surface area contributed by atoms with Crippen LogP contribution in [0.3, 0.4) is 0 Å². The first kappa shape index (κ1) is 16.8. The highest BCUT2D eigenvalue weighted by Gasteiger charge is 2.27. The van der Waals surface area contributed by atoms with Gasteiger partial charge >= 0.3 is 0 Å². The van der Waals surface area contributed by atoms with E-state index in [4.69, 9.17) is 4.74 Å². The monoisotopic (exact) mass is 417 g/mol. The van der Waals surface area contributed by atoms with E-state index in [2.05, 4.69) is 31.9 Å². The molecule has 2 rings (SSSR count). The molecular formula is C16H21Br2NO2. The van der Waals surface area contributed by atoms with Gasteiger partial charge in [-0.05, 0) is 31.0 Å². The Balaban J connectivity index is 2.25. The lowest BCUT2D eigenvalue weighted by molar-refractivity contribution is 0.0648. The average molecular weight is 419 g/mol. The molecule has 21 heavy (non-hydrogen) atoms. The molecule has 5 heteroatoms. The van der Waals surface area contributed by atoms with Crippen LogP contribution < -0.4 is 4.74 Å². The van der Waals surface area contributed by atoms with Crippen molar-refractivity contribution in [1.29, 1.82) is 0 Å². The molecular weight excluding hydrogens is 398 g/mol. The molecule has 1 aliphatic carbocycles. The molecule has 0 aromatic heterocycles. The minimum Gasteiger partial charge on any atom is -0.496 e. The molecule has 0 heterocycles. The first-order chi connectivity index (χ1) is 10.2. The van der Waals surface area contributed by atoms with E-state index in [-0.39, 0.29) is 5.91 Å². The fraction of sp³-hybridized carbons (Fsp3) is 0.562. The smallest absolute Gasteiger partial charge is 0.257 e. The SMILES string of the molecule is COc1cc(Br)ccc1C(=O)N(CCBr)C1CCCCC1. The van der Waals surface area contributed by atoms with Gasteiger partial charge in [-0.15, -0.1) is 0 Å². The molecule has 116 valence electrons. The molecule has 1 saturated carbocycles. The van der Waals surface area contributed by atoms with Crippen LogP contribution in [0.5, 0.6) is 5.75 Å². The highest BCUT2D eigenvalue weighted by molar-refractivity contribution is 9.10. The Bertz CT molecular complexity index is 487. The average Bonchev–Trinajstić information content (AvgIpc) is 2.52. The summed E-state index contributed by atoms with van der Waals surface area (Å²) in [4.78, 5) is 14.9. The van der Waals surface area contributed by atoms with Gasteiger partial charge in [0.05, 0.1) is 12.7 Å². The first-order valence-corrected chi connectivity index (χ1v) is 9.29. The van der Waals surface area contributed by atoms with Crippen molar-refractivity contribution in [1.82, 2.24) is 4.90 Å². The number of benzene rings is 1. The lowest BCUT2D eigenvalue weighted by Crippen LogP contribution is -2.42. The third kappa shape index (κ3) is 4.22. The summed E-state index contributed by atoms with van der Waals surface area (Å²) in [6.45, 7) is 0.739. The summed E-state index contributed by atoms with van der Waals surface area (Å²) in [7, 11) is 1.61. The van der Waals surface area contributed by atoms with E-state index in [1.807, 2.05) is 23.1 Å². The van der Waals surface area contributed by atoms with Crippen molar-refractivity contribution >= 4 is 37.8 Å². The van der Waals surface area contributed by atoms with Crippen LogP contribution in [0.15, 0.2) is 22.7 Å². The summed E-state index contributed by atoms with van der Waals surface area (Å²) in [5.41, 5.74) is 0.646. The zero-order valence-electron chi connectivity index (χ0n) is 12.3. The fourth-order valence-corrected chi connectivity index (χ4v) is 3.65. The van der Waals surface area contributed by atoms with E-state index >= 15 is 0 Å². The molecule has 1 aliphatic rings. The van der Waals surface area contributed by atoms with Crippen molar-refractivity contribution < 1.29 is 9.53 Å². The van der Waals surface area contributed by atoms with Gasteiger partial charge in [0.2, 0.25) is 0 Å². The van der Waals surface area contributed by atoms with Gasteiger partial charge in [-0.1, -0.05) is 51.1 Å².